The summed E-state index contributed by atoms with van der Waals surface area (Å²) in [7, 11) is 7.94. The van der Waals surface area contributed by atoms with Crippen molar-refractivity contribution in [1.82, 2.24) is 15.5 Å². The second-order valence-corrected chi connectivity index (χ2v) is 7.13. The first-order chi connectivity index (χ1) is 11.9. The summed E-state index contributed by atoms with van der Waals surface area (Å²) in [5.74, 6) is -1.07. The lowest BCUT2D eigenvalue weighted by molar-refractivity contribution is -0.139. The summed E-state index contributed by atoms with van der Waals surface area (Å²) in [5, 5.41) is 5.59. The maximum absolute atomic E-state index is 12.1. The van der Waals surface area contributed by atoms with Crippen molar-refractivity contribution in [3.05, 3.63) is 29.8 Å². The summed E-state index contributed by atoms with van der Waals surface area (Å²) in [5.41, 5.74) is 2.23. The topological polar surface area (TPSA) is 64.7 Å². The van der Waals surface area contributed by atoms with Gasteiger partial charge >= 0.3 is 11.8 Å². The van der Waals surface area contributed by atoms with Crippen molar-refractivity contribution >= 4 is 17.5 Å². The first kappa shape index (κ1) is 19.2. The smallest absolute Gasteiger partial charge is 0.309 e. The van der Waals surface area contributed by atoms with Gasteiger partial charge in [0.1, 0.15) is 0 Å². The van der Waals surface area contributed by atoms with Crippen LogP contribution in [-0.2, 0) is 9.59 Å². The highest BCUT2D eigenvalue weighted by Gasteiger charge is 2.22. The van der Waals surface area contributed by atoms with Crippen LogP contribution in [0.1, 0.15) is 37.3 Å². The minimum atomic E-state index is -0.552. The molecule has 1 aliphatic carbocycles. The number of hydrogen-bond acceptors (Lipinski definition) is 4. The molecule has 0 heterocycles. The zero-order valence-corrected chi connectivity index (χ0v) is 15.7. The van der Waals surface area contributed by atoms with Crippen LogP contribution >= 0.6 is 0 Å². The molecule has 0 radical (unpaired) electrons. The van der Waals surface area contributed by atoms with Crippen LogP contribution in [0.2, 0.25) is 0 Å². The molecule has 138 valence electrons. The van der Waals surface area contributed by atoms with E-state index in [1.807, 2.05) is 38.0 Å². The Morgan fingerprint density at radius 1 is 1.04 bits per heavy atom. The Morgan fingerprint density at radius 3 is 2.16 bits per heavy atom. The highest BCUT2D eigenvalue weighted by molar-refractivity contribution is 6.35. The molecule has 0 saturated heterocycles. The van der Waals surface area contributed by atoms with Gasteiger partial charge in [-0.15, -0.1) is 0 Å². The van der Waals surface area contributed by atoms with Gasteiger partial charge in [0.25, 0.3) is 0 Å². The summed E-state index contributed by atoms with van der Waals surface area (Å²) in [6.45, 7) is 0.394. The number of carbonyl (C=O) groups is 2. The zero-order chi connectivity index (χ0) is 18.4. The van der Waals surface area contributed by atoms with Crippen LogP contribution < -0.4 is 15.5 Å². The fourth-order valence-corrected chi connectivity index (χ4v) is 3.18. The molecule has 1 saturated carbocycles. The van der Waals surface area contributed by atoms with E-state index in [-0.39, 0.29) is 12.1 Å². The molecule has 6 heteroatoms. The minimum Gasteiger partial charge on any atom is -0.378 e. The van der Waals surface area contributed by atoms with Gasteiger partial charge in [0.05, 0.1) is 6.04 Å². The number of amides is 2. The first-order valence-electron chi connectivity index (χ1n) is 8.91. The Labute approximate surface area is 150 Å². The van der Waals surface area contributed by atoms with Crippen molar-refractivity contribution in [2.24, 2.45) is 0 Å². The van der Waals surface area contributed by atoms with E-state index in [2.05, 4.69) is 34.9 Å². The molecule has 1 aromatic carbocycles. The van der Waals surface area contributed by atoms with Crippen molar-refractivity contribution in [3.8, 4) is 0 Å². The number of hydrogen-bond donors (Lipinski definition) is 2. The zero-order valence-electron chi connectivity index (χ0n) is 15.7. The lowest BCUT2D eigenvalue weighted by atomic mass is 10.1. The van der Waals surface area contributed by atoms with Gasteiger partial charge in [-0.3, -0.25) is 9.59 Å². The number of rotatable bonds is 6. The Hall–Kier alpha value is -2.08. The van der Waals surface area contributed by atoms with E-state index in [4.69, 9.17) is 0 Å². The van der Waals surface area contributed by atoms with E-state index in [1.165, 1.54) is 0 Å². The van der Waals surface area contributed by atoms with Gasteiger partial charge in [0.15, 0.2) is 0 Å². The van der Waals surface area contributed by atoms with Crippen LogP contribution in [0.4, 0.5) is 5.69 Å². The van der Waals surface area contributed by atoms with Crippen LogP contribution in [0.15, 0.2) is 24.3 Å². The normalized spacial score (nSPS) is 15.9. The summed E-state index contributed by atoms with van der Waals surface area (Å²) in [6.07, 6.45) is 4.19. The molecule has 1 aromatic rings. The molecule has 2 amide bonds. The molecule has 0 unspecified atom stereocenters. The molecule has 6 nitrogen and oxygen atoms in total. The fourth-order valence-electron chi connectivity index (χ4n) is 3.18. The minimum absolute atomic E-state index is 0.0134. The highest BCUT2D eigenvalue weighted by atomic mass is 16.2. The van der Waals surface area contributed by atoms with Crippen LogP contribution in [0, 0.1) is 0 Å². The van der Waals surface area contributed by atoms with Gasteiger partial charge < -0.3 is 20.4 Å². The summed E-state index contributed by atoms with van der Waals surface area (Å²) in [4.78, 5) is 28.2. The number of likely N-dealkylation sites (N-methyl/N-ethyl adjacent to an activating group) is 1. The summed E-state index contributed by atoms with van der Waals surface area (Å²) >= 11 is 0. The maximum Gasteiger partial charge on any atom is 0.309 e. The Morgan fingerprint density at radius 2 is 1.64 bits per heavy atom. The van der Waals surface area contributed by atoms with E-state index >= 15 is 0 Å². The Kier molecular flexibility index (Phi) is 6.82. The third kappa shape index (κ3) is 5.46. The van der Waals surface area contributed by atoms with Gasteiger partial charge in [0.2, 0.25) is 0 Å². The monoisotopic (exact) mass is 346 g/mol. The van der Waals surface area contributed by atoms with Crippen molar-refractivity contribution < 1.29 is 9.59 Å². The van der Waals surface area contributed by atoms with Gasteiger partial charge in [-0.25, -0.2) is 0 Å². The van der Waals surface area contributed by atoms with Gasteiger partial charge in [-0.05, 0) is 44.6 Å². The molecule has 0 spiro atoms. The molecule has 2 rings (SSSR count). The first-order valence-corrected chi connectivity index (χ1v) is 8.91. The standard InChI is InChI=1S/C19H30N4O2/c1-22(2)16-11-9-14(10-12-16)17(23(3)4)13-20-18(24)19(25)21-15-7-5-6-8-15/h9-12,15,17H,5-8,13H2,1-4H3,(H,20,24)(H,21,25)/t17-/m0/s1. The van der Waals surface area contributed by atoms with E-state index in [0.29, 0.717) is 6.54 Å². The molecular weight excluding hydrogens is 316 g/mol. The second-order valence-electron chi connectivity index (χ2n) is 7.13. The third-order valence-corrected chi connectivity index (χ3v) is 4.77. The predicted molar refractivity (Wildman–Crippen MR) is 101 cm³/mol. The molecule has 1 fully saturated rings. The molecule has 25 heavy (non-hydrogen) atoms. The number of nitrogens with zero attached hydrogens (tertiary/aromatic N) is 2. The van der Waals surface area contributed by atoms with Gasteiger partial charge in [-0.2, -0.15) is 0 Å². The average molecular weight is 346 g/mol. The molecule has 1 atom stereocenters. The van der Waals surface area contributed by atoms with Crippen LogP contribution in [0.25, 0.3) is 0 Å². The van der Waals surface area contributed by atoms with E-state index < -0.39 is 11.8 Å². The molecular formula is C19H30N4O2. The van der Waals surface area contributed by atoms with Crippen molar-refractivity contribution in [1.29, 1.82) is 0 Å². The number of anilines is 1. The lowest BCUT2D eigenvalue weighted by Gasteiger charge is -2.25. The lowest BCUT2D eigenvalue weighted by Crippen LogP contribution is -2.45. The maximum atomic E-state index is 12.1. The molecule has 2 N–H and O–H groups in total. The largest absolute Gasteiger partial charge is 0.378 e. The van der Waals surface area contributed by atoms with Crippen molar-refractivity contribution in [2.45, 2.75) is 37.8 Å². The van der Waals surface area contributed by atoms with Crippen LogP contribution in [0.5, 0.6) is 0 Å². The van der Waals surface area contributed by atoms with Crippen LogP contribution in [-0.4, -0.2) is 57.5 Å². The summed E-state index contributed by atoms with van der Waals surface area (Å²) < 4.78 is 0. The van der Waals surface area contributed by atoms with E-state index in [9.17, 15) is 9.59 Å². The van der Waals surface area contributed by atoms with E-state index in [1.54, 1.807) is 0 Å². The average Bonchev–Trinajstić information content (AvgIpc) is 3.07. The predicted octanol–water partition coefficient (Wildman–Crippen LogP) is 1.53. The van der Waals surface area contributed by atoms with Gasteiger partial charge in [0, 0.05) is 32.4 Å². The molecule has 0 aliphatic heterocycles. The SMILES string of the molecule is CN(C)c1ccc([C@H](CNC(=O)C(=O)NC2CCCC2)N(C)C)cc1. The Bertz CT molecular complexity index is 578. The summed E-state index contributed by atoms with van der Waals surface area (Å²) in [6, 6.07) is 8.40. The molecule has 1 aliphatic rings. The second kappa shape index (κ2) is 8.85. The number of carbonyl (C=O) groups excluding carboxylic acids is 2. The highest BCUT2D eigenvalue weighted by Crippen LogP contribution is 2.21. The number of benzene rings is 1. The Balaban J connectivity index is 1.92. The van der Waals surface area contributed by atoms with Crippen LogP contribution in [0.3, 0.4) is 0 Å². The molecule has 0 aromatic heterocycles. The number of nitrogens with one attached hydrogen (secondary N) is 2. The third-order valence-electron chi connectivity index (χ3n) is 4.77. The van der Waals surface area contributed by atoms with Crippen molar-refractivity contribution in [3.63, 3.8) is 0 Å². The van der Waals surface area contributed by atoms with Gasteiger partial charge in [-0.1, -0.05) is 25.0 Å². The van der Waals surface area contributed by atoms with Crippen molar-refractivity contribution in [2.75, 3.05) is 39.6 Å². The fraction of sp³-hybridized carbons (Fsp3) is 0.579. The quantitative estimate of drug-likeness (QED) is 0.767. The van der Waals surface area contributed by atoms with E-state index in [0.717, 1.165) is 36.9 Å². The molecule has 0 bridgehead atoms.